The molecule has 0 aliphatic carbocycles. The highest BCUT2D eigenvalue weighted by Gasteiger charge is 2.10. The van der Waals surface area contributed by atoms with Crippen molar-refractivity contribution in [3.05, 3.63) is 53.0 Å². The lowest BCUT2D eigenvalue weighted by Crippen LogP contribution is -1.90. The molecule has 2 aromatic carbocycles. The molecule has 0 atom stereocenters. The van der Waals surface area contributed by atoms with E-state index >= 15 is 0 Å². The maximum atomic E-state index is 5.73. The van der Waals surface area contributed by atoms with E-state index in [1.165, 1.54) is 0 Å². The summed E-state index contributed by atoms with van der Waals surface area (Å²) in [5, 5.41) is 8.19. The summed E-state index contributed by atoms with van der Waals surface area (Å²) in [6.45, 7) is 2.60. The normalized spacial score (nSPS) is 10.6. The molecule has 0 saturated heterocycles. The van der Waals surface area contributed by atoms with Crippen LogP contribution in [0.4, 0.5) is 0 Å². The number of benzene rings is 2. The summed E-state index contributed by atoms with van der Waals surface area (Å²) in [6.07, 6.45) is 0. The first-order valence-corrected chi connectivity index (χ1v) is 7.38. The number of hydrogen-bond acceptors (Lipinski definition) is 4. The molecule has 0 saturated carbocycles. The maximum Gasteiger partial charge on any atom is 0.248 e. The van der Waals surface area contributed by atoms with Gasteiger partial charge in [-0.25, -0.2) is 0 Å². The molecule has 5 heteroatoms. The second-order valence-corrected chi connectivity index (χ2v) is 5.30. The molecule has 21 heavy (non-hydrogen) atoms. The van der Waals surface area contributed by atoms with Gasteiger partial charge in [-0.1, -0.05) is 22.0 Å². The molecule has 0 radical (unpaired) electrons. The summed E-state index contributed by atoms with van der Waals surface area (Å²) in [5.41, 5.74) is 1.75. The molecule has 0 amide bonds. The quantitative estimate of drug-likeness (QED) is 0.695. The summed E-state index contributed by atoms with van der Waals surface area (Å²) in [7, 11) is 0. The van der Waals surface area contributed by atoms with Crippen molar-refractivity contribution in [3.8, 4) is 28.7 Å². The van der Waals surface area contributed by atoms with Crippen LogP contribution in [0.15, 0.2) is 57.4 Å². The van der Waals surface area contributed by atoms with Crippen molar-refractivity contribution < 1.29 is 9.15 Å². The molecule has 0 N–H and O–H groups in total. The van der Waals surface area contributed by atoms with E-state index in [0.717, 1.165) is 21.3 Å². The van der Waals surface area contributed by atoms with Crippen LogP contribution < -0.4 is 4.74 Å². The first-order chi connectivity index (χ1) is 10.3. The van der Waals surface area contributed by atoms with Crippen LogP contribution in [0.1, 0.15) is 6.92 Å². The molecule has 1 aromatic heterocycles. The minimum atomic E-state index is 0.494. The highest BCUT2D eigenvalue weighted by Crippen LogP contribution is 2.26. The third kappa shape index (κ3) is 3.13. The van der Waals surface area contributed by atoms with E-state index in [-0.39, 0.29) is 0 Å². The van der Waals surface area contributed by atoms with Gasteiger partial charge in [-0.2, -0.15) is 0 Å². The highest BCUT2D eigenvalue weighted by molar-refractivity contribution is 9.10. The Morgan fingerprint density at radius 1 is 1.00 bits per heavy atom. The van der Waals surface area contributed by atoms with Crippen LogP contribution in [-0.2, 0) is 0 Å². The van der Waals surface area contributed by atoms with Gasteiger partial charge < -0.3 is 9.15 Å². The van der Waals surface area contributed by atoms with E-state index < -0.39 is 0 Å². The van der Waals surface area contributed by atoms with Crippen molar-refractivity contribution in [1.82, 2.24) is 10.2 Å². The van der Waals surface area contributed by atoms with E-state index in [1.54, 1.807) is 0 Å². The Morgan fingerprint density at radius 3 is 2.38 bits per heavy atom. The second kappa shape index (κ2) is 6.10. The maximum absolute atomic E-state index is 5.73. The lowest BCUT2D eigenvalue weighted by molar-refractivity contribution is 0.340. The summed E-state index contributed by atoms with van der Waals surface area (Å²) in [5.74, 6) is 1.82. The molecule has 106 valence electrons. The van der Waals surface area contributed by atoms with Gasteiger partial charge in [0.05, 0.1) is 6.61 Å². The van der Waals surface area contributed by atoms with Crippen molar-refractivity contribution in [1.29, 1.82) is 0 Å². The van der Waals surface area contributed by atoms with Crippen LogP contribution in [-0.4, -0.2) is 16.8 Å². The van der Waals surface area contributed by atoms with Crippen LogP contribution in [0.25, 0.3) is 22.9 Å². The lowest BCUT2D eigenvalue weighted by atomic mass is 10.2. The van der Waals surface area contributed by atoms with Gasteiger partial charge >= 0.3 is 0 Å². The van der Waals surface area contributed by atoms with Crippen molar-refractivity contribution in [2.75, 3.05) is 6.61 Å². The predicted octanol–water partition coefficient (Wildman–Crippen LogP) is 4.56. The molecule has 0 fully saturated rings. The standard InChI is InChI=1S/C16H13BrN2O2/c1-2-20-14-8-6-11(7-9-14)15-18-19-16(21-15)12-4-3-5-13(17)10-12/h3-10H,2H2,1H3. The fraction of sp³-hybridized carbons (Fsp3) is 0.125. The van der Waals surface area contributed by atoms with Gasteiger partial charge in [0.25, 0.3) is 0 Å². The molecular formula is C16H13BrN2O2. The summed E-state index contributed by atoms with van der Waals surface area (Å²) < 4.78 is 12.1. The third-order valence-corrected chi connectivity index (χ3v) is 3.40. The summed E-state index contributed by atoms with van der Waals surface area (Å²) in [4.78, 5) is 0. The van der Waals surface area contributed by atoms with Crippen LogP contribution in [0.2, 0.25) is 0 Å². The minimum Gasteiger partial charge on any atom is -0.494 e. The lowest BCUT2D eigenvalue weighted by Gasteiger charge is -2.02. The molecular weight excluding hydrogens is 332 g/mol. The SMILES string of the molecule is CCOc1ccc(-c2nnc(-c3cccc(Br)c3)o2)cc1. The topological polar surface area (TPSA) is 48.2 Å². The Kier molecular flexibility index (Phi) is 4.01. The number of rotatable bonds is 4. The Morgan fingerprint density at radius 2 is 1.71 bits per heavy atom. The monoisotopic (exact) mass is 344 g/mol. The Hall–Kier alpha value is -2.14. The van der Waals surface area contributed by atoms with E-state index in [1.807, 2.05) is 55.5 Å². The van der Waals surface area contributed by atoms with Crippen molar-refractivity contribution in [3.63, 3.8) is 0 Å². The van der Waals surface area contributed by atoms with Gasteiger partial charge in [-0.15, -0.1) is 10.2 Å². The van der Waals surface area contributed by atoms with E-state index in [2.05, 4.69) is 26.1 Å². The molecule has 0 unspecified atom stereocenters. The molecule has 3 aromatic rings. The predicted molar refractivity (Wildman–Crippen MR) is 84.0 cm³/mol. The fourth-order valence-electron chi connectivity index (χ4n) is 1.94. The molecule has 0 aliphatic rings. The first kappa shape index (κ1) is 13.8. The zero-order valence-corrected chi connectivity index (χ0v) is 13.0. The Bertz CT molecular complexity index is 738. The fourth-order valence-corrected chi connectivity index (χ4v) is 2.34. The van der Waals surface area contributed by atoms with Gasteiger partial charge in [-0.05, 0) is 49.4 Å². The molecule has 0 bridgehead atoms. The summed E-state index contributed by atoms with van der Waals surface area (Å²) in [6, 6.07) is 15.3. The molecule has 1 heterocycles. The average Bonchev–Trinajstić information content (AvgIpc) is 2.98. The number of halogens is 1. The number of nitrogens with zero attached hydrogens (tertiary/aromatic N) is 2. The number of ether oxygens (including phenoxy) is 1. The van der Waals surface area contributed by atoms with Crippen molar-refractivity contribution in [2.45, 2.75) is 6.92 Å². The van der Waals surface area contributed by atoms with Crippen LogP contribution in [0, 0.1) is 0 Å². The molecule has 4 nitrogen and oxygen atoms in total. The van der Waals surface area contributed by atoms with Gasteiger partial charge in [0.2, 0.25) is 11.8 Å². The highest BCUT2D eigenvalue weighted by atomic mass is 79.9. The van der Waals surface area contributed by atoms with Crippen LogP contribution in [0.3, 0.4) is 0 Å². The second-order valence-electron chi connectivity index (χ2n) is 4.38. The van der Waals surface area contributed by atoms with Gasteiger partial charge in [-0.3, -0.25) is 0 Å². The number of hydrogen-bond donors (Lipinski definition) is 0. The van der Waals surface area contributed by atoms with Gasteiger partial charge in [0.15, 0.2) is 0 Å². The van der Waals surface area contributed by atoms with Crippen molar-refractivity contribution >= 4 is 15.9 Å². The van der Waals surface area contributed by atoms with Gasteiger partial charge in [0.1, 0.15) is 5.75 Å². The van der Waals surface area contributed by atoms with Crippen LogP contribution >= 0.6 is 15.9 Å². The molecule has 0 spiro atoms. The number of aromatic nitrogens is 2. The molecule has 3 rings (SSSR count). The Labute approximate surface area is 130 Å². The largest absolute Gasteiger partial charge is 0.494 e. The van der Waals surface area contributed by atoms with Crippen LogP contribution in [0.5, 0.6) is 5.75 Å². The van der Waals surface area contributed by atoms with Gasteiger partial charge in [0, 0.05) is 15.6 Å². The van der Waals surface area contributed by atoms with E-state index in [4.69, 9.17) is 9.15 Å². The zero-order chi connectivity index (χ0) is 14.7. The average molecular weight is 345 g/mol. The molecule has 0 aliphatic heterocycles. The first-order valence-electron chi connectivity index (χ1n) is 6.59. The van der Waals surface area contributed by atoms with E-state index in [0.29, 0.717) is 18.4 Å². The minimum absolute atomic E-state index is 0.494. The van der Waals surface area contributed by atoms with E-state index in [9.17, 15) is 0 Å². The van der Waals surface area contributed by atoms with Crippen molar-refractivity contribution in [2.24, 2.45) is 0 Å². The summed E-state index contributed by atoms with van der Waals surface area (Å²) >= 11 is 3.43. The Balaban J connectivity index is 1.87. The third-order valence-electron chi connectivity index (χ3n) is 2.91. The smallest absolute Gasteiger partial charge is 0.248 e. The zero-order valence-electron chi connectivity index (χ0n) is 11.4.